The summed E-state index contributed by atoms with van der Waals surface area (Å²) in [5, 5.41) is 3.52. The summed E-state index contributed by atoms with van der Waals surface area (Å²) in [6.45, 7) is 3.55. The van der Waals surface area contributed by atoms with Crippen molar-refractivity contribution in [2.24, 2.45) is 5.92 Å². The Kier molecular flexibility index (Phi) is 6.05. The van der Waals surface area contributed by atoms with Gasteiger partial charge >= 0.3 is 0 Å². The number of rotatable bonds is 5. The average molecular weight is 455 g/mol. The van der Waals surface area contributed by atoms with E-state index < -0.39 is 5.79 Å². The van der Waals surface area contributed by atoms with Crippen LogP contribution in [0.5, 0.6) is 0 Å². The van der Waals surface area contributed by atoms with E-state index in [0.717, 1.165) is 17.0 Å². The van der Waals surface area contributed by atoms with Gasteiger partial charge in [0.1, 0.15) is 5.82 Å². The Balaban J connectivity index is 1.38. The zero-order chi connectivity index (χ0) is 22.3. The van der Waals surface area contributed by atoms with Gasteiger partial charge in [-0.2, -0.15) is 0 Å². The van der Waals surface area contributed by atoms with E-state index >= 15 is 0 Å². The lowest BCUT2D eigenvalue weighted by molar-refractivity contribution is -0.159. The predicted octanol–water partition coefficient (Wildman–Crippen LogP) is 4.52. The number of fused-ring (bicyclic) bond motifs is 2. The Morgan fingerprint density at radius 2 is 1.78 bits per heavy atom. The monoisotopic (exact) mass is 454 g/mol. The highest BCUT2D eigenvalue weighted by Crippen LogP contribution is 2.46. The first-order valence-corrected chi connectivity index (χ1v) is 12.0. The maximum absolute atomic E-state index is 13.5. The van der Waals surface area contributed by atoms with Crippen molar-refractivity contribution < 1.29 is 13.9 Å². The van der Waals surface area contributed by atoms with Crippen LogP contribution in [-0.2, 0) is 15.3 Å². The van der Waals surface area contributed by atoms with Gasteiger partial charge in [0.05, 0.1) is 24.7 Å². The van der Waals surface area contributed by atoms with E-state index in [9.17, 15) is 4.39 Å². The molecular weight excluding hydrogens is 423 g/mol. The fourth-order valence-corrected chi connectivity index (χ4v) is 6.22. The van der Waals surface area contributed by atoms with Gasteiger partial charge in [0.2, 0.25) is 5.79 Å². The minimum atomic E-state index is -0.935. The third-order valence-electron chi connectivity index (χ3n) is 7.61. The van der Waals surface area contributed by atoms with Crippen LogP contribution in [0.2, 0.25) is 0 Å². The molecule has 0 radical (unpaired) electrons. The molecule has 1 N–H and O–H groups in total. The second kappa shape index (κ2) is 8.82. The number of piperidine rings is 1. The Bertz CT molecular complexity index is 959. The van der Waals surface area contributed by atoms with Crippen molar-refractivity contribution in [1.29, 1.82) is 0 Å². The smallest absolute Gasteiger partial charge is 0.212 e. The Morgan fingerprint density at radius 3 is 2.47 bits per heavy atom. The number of nitrogens with one attached hydrogen (secondary N) is 1. The Morgan fingerprint density at radius 1 is 1.09 bits per heavy atom. The van der Waals surface area contributed by atoms with Crippen molar-refractivity contribution in [3.05, 3.63) is 71.0 Å². The molecule has 3 fully saturated rings. The van der Waals surface area contributed by atoms with Crippen LogP contribution in [0.3, 0.4) is 0 Å². The molecule has 5 rings (SSSR count). The van der Waals surface area contributed by atoms with Gasteiger partial charge in [-0.25, -0.2) is 4.39 Å². The lowest BCUT2D eigenvalue weighted by Crippen LogP contribution is -2.52. The molecule has 2 aromatic carbocycles. The van der Waals surface area contributed by atoms with Crippen molar-refractivity contribution in [3.8, 4) is 0 Å². The predicted molar refractivity (Wildman–Crippen MR) is 127 cm³/mol. The number of benzene rings is 2. The third-order valence-corrected chi connectivity index (χ3v) is 8.03. The van der Waals surface area contributed by atoms with Gasteiger partial charge < -0.3 is 14.8 Å². The van der Waals surface area contributed by atoms with Crippen molar-refractivity contribution in [2.45, 2.75) is 50.0 Å². The molecule has 0 unspecified atom stereocenters. The van der Waals surface area contributed by atoms with Gasteiger partial charge in [0.25, 0.3) is 0 Å². The molecule has 170 valence electrons. The van der Waals surface area contributed by atoms with Crippen LogP contribution in [0.1, 0.15) is 41.9 Å². The molecule has 4 nitrogen and oxygen atoms in total. The highest BCUT2D eigenvalue weighted by molar-refractivity contribution is 7.80. The van der Waals surface area contributed by atoms with Crippen molar-refractivity contribution in [2.75, 3.05) is 26.8 Å². The van der Waals surface area contributed by atoms with Crippen LogP contribution in [0.4, 0.5) is 4.39 Å². The molecular formula is C26H31FN2O2S. The fraction of sp³-hybridized carbons (Fsp3) is 0.500. The van der Waals surface area contributed by atoms with E-state index in [-0.39, 0.29) is 11.7 Å². The summed E-state index contributed by atoms with van der Waals surface area (Å²) in [6, 6.07) is 16.4. The van der Waals surface area contributed by atoms with E-state index in [2.05, 4.69) is 48.5 Å². The van der Waals surface area contributed by atoms with Crippen LogP contribution < -0.4 is 5.32 Å². The second-order valence-corrected chi connectivity index (χ2v) is 9.86. The maximum atomic E-state index is 13.5. The summed E-state index contributed by atoms with van der Waals surface area (Å²) in [4.78, 5) is 3.40. The highest BCUT2D eigenvalue weighted by Gasteiger charge is 2.48. The number of thiocarbonyl (C=S) groups is 1. The summed E-state index contributed by atoms with van der Waals surface area (Å²) in [6.07, 6.45) is 3.53. The molecule has 2 aromatic rings. The molecule has 4 atom stereocenters. The molecule has 3 aliphatic rings. The molecule has 3 aliphatic heterocycles. The van der Waals surface area contributed by atoms with Gasteiger partial charge in [-0.3, -0.25) is 4.90 Å². The zero-order valence-corrected chi connectivity index (χ0v) is 19.5. The summed E-state index contributed by atoms with van der Waals surface area (Å²) in [7, 11) is 2.24. The van der Waals surface area contributed by atoms with Gasteiger partial charge in [-0.1, -0.05) is 54.2 Å². The number of ether oxygens (including phenoxy) is 2. The summed E-state index contributed by atoms with van der Waals surface area (Å²) in [5.41, 5.74) is 3.46. The molecule has 0 aliphatic carbocycles. The van der Waals surface area contributed by atoms with Crippen LogP contribution in [0.15, 0.2) is 48.5 Å². The third kappa shape index (κ3) is 3.98. The van der Waals surface area contributed by atoms with E-state index in [1.165, 1.54) is 36.1 Å². The van der Waals surface area contributed by atoms with E-state index in [0.29, 0.717) is 37.8 Å². The number of hydrogen-bond donors (Lipinski definition) is 1. The summed E-state index contributed by atoms with van der Waals surface area (Å²) in [5.74, 6) is -0.567. The largest absolute Gasteiger partial charge is 0.374 e. The highest BCUT2D eigenvalue weighted by atomic mass is 32.1. The number of aryl methyl sites for hydroxylation is 1. The summed E-state index contributed by atoms with van der Waals surface area (Å²) >= 11 is 6.04. The van der Waals surface area contributed by atoms with E-state index in [1.807, 2.05) is 0 Å². The molecule has 6 heteroatoms. The van der Waals surface area contributed by atoms with Crippen molar-refractivity contribution in [3.63, 3.8) is 0 Å². The van der Waals surface area contributed by atoms with Crippen LogP contribution in [0, 0.1) is 18.7 Å². The first kappa shape index (κ1) is 22.0. The fourth-order valence-electron chi connectivity index (χ4n) is 5.83. The molecule has 0 spiro atoms. The lowest BCUT2D eigenvalue weighted by atomic mass is 9.76. The van der Waals surface area contributed by atoms with E-state index in [1.54, 1.807) is 12.1 Å². The number of nitrogens with zero attached hydrogens (tertiary/aromatic N) is 1. The second-order valence-electron chi connectivity index (χ2n) is 9.42. The molecule has 32 heavy (non-hydrogen) atoms. The quantitative estimate of drug-likeness (QED) is 0.672. The Hall–Kier alpha value is -1.86. The molecule has 0 amide bonds. The van der Waals surface area contributed by atoms with Crippen LogP contribution >= 0.6 is 12.2 Å². The average Bonchev–Trinajstić information content (AvgIpc) is 3.35. The Labute approximate surface area is 195 Å². The minimum absolute atomic E-state index is 0.239. The van der Waals surface area contributed by atoms with E-state index in [4.69, 9.17) is 21.7 Å². The normalized spacial score (nSPS) is 29.2. The standard InChI is InChI=1S/C26H31FN2O2S/c1-17-3-5-18(6-4-17)22-15-21-11-12-23(29(21)2)24(22)25(32)28-16-26(30-13-14-31-26)19-7-9-20(27)10-8-19/h3-10,21-24H,11-16H2,1-2H3,(H,28,32)/t21-,22+,23+,24-/m0/s1. The maximum Gasteiger partial charge on any atom is 0.212 e. The first-order chi connectivity index (χ1) is 15.5. The van der Waals surface area contributed by atoms with Crippen LogP contribution in [-0.4, -0.2) is 48.8 Å². The molecule has 3 saturated heterocycles. The van der Waals surface area contributed by atoms with Gasteiger partial charge in [0, 0.05) is 23.6 Å². The SMILES string of the molecule is Cc1ccc([C@H]2C[C@@H]3CC[C@H]([C@H]2C(=S)NCC2(c4ccc(F)cc4)OCCO2)N3C)cc1. The minimum Gasteiger partial charge on any atom is -0.374 e. The van der Waals surface area contributed by atoms with Crippen LogP contribution in [0.25, 0.3) is 0 Å². The molecule has 0 saturated carbocycles. The van der Waals surface area contributed by atoms with Crippen molar-refractivity contribution in [1.82, 2.24) is 10.2 Å². The van der Waals surface area contributed by atoms with Gasteiger partial charge in [0.15, 0.2) is 0 Å². The molecule has 2 bridgehead atoms. The topological polar surface area (TPSA) is 33.7 Å². The van der Waals surface area contributed by atoms with Crippen molar-refractivity contribution >= 4 is 17.2 Å². The zero-order valence-electron chi connectivity index (χ0n) is 18.7. The molecule has 0 aromatic heterocycles. The summed E-state index contributed by atoms with van der Waals surface area (Å²) < 4.78 is 25.6. The van der Waals surface area contributed by atoms with Gasteiger partial charge in [-0.15, -0.1) is 0 Å². The van der Waals surface area contributed by atoms with Gasteiger partial charge in [-0.05, 0) is 56.8 Å². The number of halogens is 1. The lowest BCUT2D eigenvalue weighted by Gasteiger charge is -2.44. The first-order valence-electron chi connectivity index (χ1n) is 11.6. The number of hydrogen-bond acceptors (Lipinski definition) is 4. The molecule has 3 heterocycles.